The summed E-state index contributed by atoms with van der Waals surface area (Å²) < 4.78 is 19.1. The second kappa shape index (κ2) is 6.89. The van der Waals surface area contributed by atoms with Gasteiger partial charge < -0.3 is 15.0 Å². The first kappa shape index (κ1) is 17.4. The lowest BCUT2D eigenvalue weighted by Gasteiger charge is -2.23. The molecule has 118 valence electrons. The first-order chi connectivity index (χ1) is 9.60. The molecule has 0 aliphatic carbocycles. The van der Waals surface area contributed by atoms with Crippen LogP contribution in [-0.2, 0) is 11.3 Å². The number of ether oxygens (including phenoxy) is 1. The highest BCUT2D eigenvalue weighted by atomic mass is 19.1. The van der Waals surface area contributed by atoms with Crippen molar-refractivity contribution < 1.29 is 13.9 Å². The van der Waals surface area contributed by atoms with Gasteiger partial charge in [0.2, 0.25) is 0 Å². The summed E-state index contributed by atoms with van der Waals surface area (Å²) in [7, 11) is 3.35. The second-order valence-electron chi connectivity index (χ2n) is 6.35. The van der Waals surface area contributed by atoms with Gasteiger partial charge in [0.15, 0.2) is 6.10 Å². The molecule has 0 aliphatic heterocycles. The number of halogens is 1. The first-order valence-electron chi connectivity index (χ1n) is 7.01. The number of amides is 1. The summed E-state index contributed by atoms with van der Waals surface area (Å²) in [6.07, 6.45) is -0.612. The molecule has 0 bridgehead atoms. The monoisotopic (exact) mass is 296 g/mol. The molecular weight excluding hydrogens is 271 g/mol. The maximum atomic E-state index is 13.4. The van der Waals surface area contributed by atoms with Crippen molar-refractivity contribution in [1.29, 1.82) is 0 Å². The van der Waals surface area contributed by atoms with Gasteiger partial charge in [0.1, 0.15) is 11.6 Å². The highest BCUT2D eigenvalue weighted by molar-refractivity contribution is 5.80. The van der Waals surface area contributed by atoms with Crippen LogP contribution in [0.25, 0.3) is 0 Å². The van der Waals surface area contributed by atoms with Crippen molar-refractivity contribution in [3.63, 3.8) is 0 Å². The fourth-order valence-corrected chi connectivity index (χ4v) is 1.77. The SMILES string of the molecule is CC(Oc1ccc(F)cc1CNC(C)(C)C)C(=O)N(C)C. The maximum Gasteiger partial charge on any atom is 0.262 e. The average Bonchev–Trinajstić information content (AvgIpc) is 2.36. The third kappa shape index (κ3) is 5.71. The van der Waals surface area contributed by atoms with Gasteiger partial charge in [-0.25, -0.2) is 4.39 Å². The number of nitrogens with zero attached hydrogens (tertiary/aromatic N) is 1. The van der Waals surface area contributed by atoms with Crippen LogP contribution in [0.15, 0.2) is 18.2 Å². The van der Waals surface area contributed by atoms with Crippen molar-refractivity contribution in [2.75, 3.05) is 14.1 Å². The molecule has 1 rings (SSSR count). The molecule has 1 atom stereocenters. The highest BCUT2D eigenvalue weighted by Crippen LogP contribution is 2.22. The van der Waals surface area contributed by atoms with Crippen LogP contribution in [0.1, 0.15) is 33.3 Å². The summed E-state index contributed by atoms with van der Waals surface area (Å²) >= 11 is 0. The van der Waals surface area contributed by atoms with E-state index in [9.17, 15) is 9.18 Å². The van der Waals surface area contributed by atoms with Crippen molar-refractivity contribution in [1.82, 2.24) is 10.2 Å². The Hall–Kier alpha value is -1.62. The zero-order valence-electron chi connectivity index (χ0n) is 13.7. The Labute approximate surface area is 126 Å². The van der Waals surface area contributed by atoms with E-state index in [0.717, 1.165) is 0 Å². The molecule has 0 fully saturated rings. The molecular formula is C16H25FN2O2. The number of hydrogen-bond acceptors (Lipinski definition) is 3. The summed E-state index contributed by atoms with van der Waals surface area (Å²) in [6.45, 7) is 8.26. The van der Waals surface area contributed by atoms with Crippen LogP contribution in [-0.4, -0.2) is 36.5 Å². The normalized spacial score (nSPS) is 12.9. The van der Waals surface area contributed by atoms with Crippen LogP contribution < -0.4 is 10.1 Å². The van der Waals surface area contributed by atoms with Crippen molar-refractivity contribution >= 4 is 5.91 Å². The van der Waals surface area contributed by atoms with Crippen LogP contribution in [0.3, 0.4) is 0 Å². The molecule has 1 unspecified atom stereocenters. The predicted molar refractivity (Wildman–Crippen MR) is 81.8 cm³/mol. The minimum atomic E-state index is -0.612. The van der Waals surface area contributed by atoms with Crippen LogP contribution in [0.5, 0.6) is 5.75 Å². The van der Waals surface area contributed by atoms with Gasteiger partial charge in [-0.05, 0) is 45.9 Å². The van der Waals surface area contributed by atoms with Gasteiger partial charge in [0.25, 0.3) is 5.91 Å². The third-order valence-electron chi connectivity index (χ3n) is 2.92. The number of benzene rings is 1. The molecule has 0 aromatic heterocycles. The molecule has 4 nitrogen and oxygen atoms in total. The zero-order chi connectivity index (χ0) is 16.2. The Morgan fingerprint density at radius 2 is 2.00 bits per heavy atom. The summed E-state index contributed by atoms with van der Waals surface area (Å²) in [6, 6.07) is 4.33. The van der Waals surface area contributed by atoms with Crippen molar-refractivity contribution in [3.8, 4) is 5.75 Å². The second-order valence-corrected chi connectivity index (χ2v) is 6.35. The van der Waals surface area contributed by atoms with E-state index >= 15 is 0 Å². The summed E-state index contributed by atoms with van der Waals surface area (Å²) in [5.74, 6) is 0.0737. The van der Waals surface area contributed by atoms with E-state index in [4.69, 9.17) is 4.74 Å². The fraction of sp³-hybridized carbons (Fsp3) is 0.562. The van der Waals surface area contributed by atoms with E-state index in [1.54, 1.807) is 27.1 Å². The molecule has 0 saturated heterocycles. The zero-order valence-corrected chi connectivity index (χ0v) is 13.7. The molecule has 1 N–H and O–H groups in total. The molecule has 0 heterocycles. The number of likely N-dealkylation sites (N-methyl/N-ethyl adjacent to an activating group) is 1. The van der Waals surface area contributed by atoms with Crippen molar-refractivity contribution in [2.24, 2.45) is 0 Å². The summed E-state index contributed by atoms with van der Waals surface area (Å²) in [4.78, 5) is 13.3. The lowest BCUT2D eigenvalue weighted by atomic mass is 10.1. The van der Waals surface area contributed by atoms with Gasteiger partial charge in [0.05, 0.1) is 0 Å². The molecule has 21 heavy (non-hydrogen) atoms. The fourth-order valence-electron chi connectivity index (χ4n) is 1.77. The lowest BCUT2D eigenvalue weighted by molar-refractivity contribution is -0.135. The molecule has 0 saturated carbocycles. The van der Waals surface area contributed by atoms with Gasteiger partial charge >= 0.3 is 0 Å². The van der Waals surface area contributed by atoms with Crippen LogP contribution in [0.4, 0.5) is 4.39 Å². The number of rotatable bonds is 5. The maximum absolute atomic E-state index is 13.4. The summed E-state index contributed by atoms with van der Waals surface area (Å²) in [5, 5.41) is 3.29. The Kier molecular flexibility index (Phi) is 5.72. The average molecular weight is 296 g/mol. The Balaban J connectivity index is 2.89. The van der Waals surface area contributed by atoms with E-state index in [1.165, 1.54) is 17.0 Å². The van der Waals surface area contributed by atoms with Crippen molar-refractivity contribution in [3.05, 3.63) is 29.6 Å². The van der Waals surface area contributed by atoms with Gasteiger partial charge in [-0.2, -0.15) is 0 Å². The van der Waals surface area contributed by atoms with Gasteiger partial charge in [0, 0.05) is 31.7 Å². The molecule has 0 spiro atoms. The third-order valence-corrected chi connectivity index (χ3v) is 2.92. The Morgan fingerprint density at radius 1 is 1.38 bits per heavy atom. The molecule has 1 amide bonds. The number of carbonyl (C=O) groups is 1. The minimum Gasteiger partial charge on any atom is -0.481 e. The van der Waals surface area contributed by atoms with Crippen molar-refractivity contribution in [2.45, 2.75) is 45.9 Å². The minimum absolute atomic E-state index is 0.0886. The van der Waals surface area contributed by atoms with Crippen LogP contribution in [0, 0.1) is 5.82 Å². The lowest BCUT2D eigenvalue weighted by Crippen LogP contribution is -2.36. The summed E-state index contributed by atoms with van der Waals surface area (Å²) in [5.41, 5.74) is 0.609. The predicted octanol–water partition coefficient (Wildman–Crippen LogP) is 2.57. The molecule has 1 aromatic carbocycles. The van der Waals surface area contributed by atoms with E-state index in [2.05, 4.69) is 5.32 Å². The topological polar surface area (TPSA) is 41.6 Å². The standard InChI is InChI=1S/C16H25FN2O2/c1-11(15(20)19(5)6)21-14-8-7-13(17)9-12(14)10-18-16(2,3)4/h7-9,11,18H,10H2,1-6H3. The quantitative estimate of drug-likeness (QED) is 0.908. The van der Waals surface area contributed by atoms with E-state index in [-0.39, 0.29) is 17.3 Å². The Bertz CT molecular complexity index is 496. The number of nitrogens with one attached hydrogen (secondary N) is 1. The molecule has 5 heteroatoms. The highest BCUT2D eigenvalue weighted by Gasteiger charge is 2.19. The van der Waals surface area contributed by atoms with Gasteiger partial charge in [-0.15, -0.1) is 0 Å². The smallest absolute Gasteiger partial charge is 0.262 e. The number of carbonyl (C=O) groups excluding carboxylic acids is 1. The van der Waals surface area contributed by atoms with Gasteiger partial charge in [-0.3, -0.25) is 4.79 Å². The first-order valence-corrected chi connectivity index (χ1v) is 7.01. The van der Waals surface area contributed by atoms with Gasteiger partial charge in [-0.1, -0.05) is 0 Å². The van der Waals surface area contributed by atoms with Crippen LogP contribution in [0.2, 0.25) is 0 Å². The van der Waals surface area contributed by atoms with E-state index in [1.807, 2.05) is 20.8 Å². The molecule has 0 aliphatic rings. The molecule has 0 radical (unpaired) electrons. The largest absolute Gasteiger partial charge is 0.481 e. The van der Waals surface area contributed by atoms with Crippen LogP contribution >= 0.6 is 0 Å². The Morgan fingerprint density at radius 3 is 2.52 bits per heavy atom. The van der Waals surface area contributed by atoms with E-state index < -0.39 is 6.10 Å². The number of hydrogen-bond donors (Lipinski definition) is 1. The molecule has 1 aromatic rings. The van der Waals surface area contributed by atoms with E-state index in [0.29, 0.717) is 17.9 Å².